The summed E-state index contributed by atoms with van der Waals surface area (Å²) >= 11 is 0. The molecular formula is C20H14O3. The van der Waals surface area contributed by atoms with E-state index < -0.39 is 0 Å². The van der Waals surface area contributed by atoms with E-state index >= 15 is 0 Å². The Balaban J connectivity index is 1.79. The van der Waals surface area contributed by atoms with Gasteiger partial charge in [0.2, 0.25) is 0 Å². The molecule has 0 bridgehead atoms. The zero-order chi connectivity index (χ0) is 15.8. The van der Waals surface area contributed by atoms with E-state index in [1.54, 1.807) is 13.2 Å². The first-order chi connectivity index (χ1) is 11.2. The molecule has 0 N–H and O–H groups in total. The Kier molecular flexibility index (Phi) is 3.12. The van der Waals surface area contributed by atoms with E-state index in [0.717, 1.165) is 27.6 Å². The van der Waals surface area contributed by atoms with Crippen molar-refractivity contribution in [2.24, 2.45) is 0 Å². The lowest BCUT2D eigenvalue weighted by molar-refractivity contribution is -0.126. The molecule has 0 atom stereocenters. The second-order valence-electron chi connectivity index (χ2n) is 5.42. The third-order valence-electron chi connectivity index (χ3n) is 3.98. The van der Waals surface area contributed by atoms with Gasteiger partial charge in [-0.25, -0.2) is 4.79 Å². The highest BCUT2D eigenvalue weighted by Crippen LogP contribution is 2.35. The fourth-order valence-electron chi connectivity index (χ4n) is 2.81. The van der Waals surface area contributed by atoms with Crippen LogP contribution in [0.5, 0.6) is 11.5 Å². The van der Waals surface area contributed by atoms with Gasteiger partial charge in [-0.2, -0.15) is 0 Å². The lowest BCUT2D eigenvalue weighted by atomic mass is 10.0. The van der Waals surface area contributed by atoms with Crippen LogP contribution in [0.3, 0.4) is 0 Å². The fraction of sp³-hybridized carbons (Fsp3) is 0.0500. The number of methoxy groups -OCH3 is 1. The van der Waals surface area contributed by atoms with Crippen LogP contribution in [-0.2, 0) is 4.79 Å². The Morgan fingerprint density at radius 1 is 0.957 bits per heavy atom. The minimum atomic E-state index is -0.305. The molecular weight excluding hydrogens is 288 g/mol. The molecule has 0 aliphatic carbocycles. The van der Waals surface area contributed by atoms with Crippen molar-refractivity contribution >= 4 is 28.4 Å². The predicted octanol–water partition coefficient (Wildman–Crippen LogP) is 4.31. The van der Waals surface area contributed by atoms with Gasteiger partial charge >= 0.3 is 5.97 Å². The molecule has 3 nitrogen and oxygen atoms in total. The van der Waals surface area contributed by atoms with Crippen molar-refractivity contribution in [3.05, 3.63) is 71.8 Å². The van der Waals surface area contributed by atoms with Crippen LogP contribution in [0.1, 0.15) is 11.1 Å². The molecule has 0 radical (unpaired) electrons. The van der Waals surface area contributed by atoms with Gasteiger partial charge in [0, 0.05) is 5.56 Å². The van der Waals surface area contributed by atoms with Gasteiger partial charge in [0.25, 0.3) is 0 Å². The summed E-state index contributed by atoms with van der Waals surface area (Å²) in [4.78, 5) is 12.1. The summed E-state index contributed by atoms with van der Waals surface area (Å²) < 4.78 is 10.5. The normalized spacial score (nSPS) is 14.8. The summed E-state index contributed by atoms with van der Waals surface area (Å²) in [5, 5.41) is 2.20. The van der Waals surface area contributed by atoms with Gasteiger partial charge in [0.05, 0.1) is 12.7 Å². The van der Waals surface area contributed by atoms with Crippen molar-refractivity contribution in [2.75, 3.05) is 7.11 Å². The maximum atomic E-state index is 12.1. The number of hydrogen-bond donors (Lipinski definition) is 0. The number of esters is 1. The first-order valence-electron chi connectivity index (χ1n) is 7.36. The molecule has 1 heterocycles. The number of carbonyl (C=O) groups is 1. The Labute approximate surface area is 133 Å². The number of ether oxygens (including phenoxy) is 2. The van der Waals surface area contributed by atoms with Crippen LogP contribution in [0.25, 0.3) is 22.4 Å². The topological polar surface area (TPSA) is 35.5 Å². The van der Waals surface area contributed by atoms with Gasteiger partial charge in [-0.3, -0.25) is 0 Å². The Morgan fingerprint density at radius 3 is 2.61 bits per heavy atom. The molecule has 1 aliphatic rings. The number of para-hydroxylation sites is 1. The van der Waals surface area contributed by atoms with Crippen molar-refractivity contribution in [1.82, 2.24) is 0 Å². The van der Waals surface area contributed by atoms with E-state index in [-0.39, 0.29) is 5.97 Å². The average Bonchev–Trinajstić information content (AvgIpc) is 2.90. The van der Waals surface area contributed by atoms with Crippen LogP contribution in [0.4, 0.5) is 0 Å². The maximum absolute atomic E-state index is 12.1. The molecule has 0 saturated heterocycles. The molecule has 3 aromatic rings. The SMILES string of the molecule is COc1ccc2cc(/C=C3/C(=O)Oc4ccccc43)ccc2c1. The molecule has 3 aromatic carbocycles. The molecule has 0 unspecified atom stereocenters. The summed E-state index contributed by atoms with van der Waals surface area (Å²) in [7, 11) is 1.66. The van der Waals surface area contributed by atoms with Crippen LogP contribution < -0.4 is 9.47 Å². The van der Waals surface area contributed by atoms with Gasteiger partial charge in [-0.05, 0) is 46.7 Å². The third kappa shape index (κ3) is 2.36. The lowest BCUT2D eigenvalue weighted by Crippen LogP contribution is -2.00. The lowest BCUT2D eigenvalue weighted by Gasteiger charge is -2.04. The molecule has 0 aromatic heterocycles. The summed E-state index contributed by atoms with van der Waals surface area (Å²) in [6.45, 7) is 0. The van der Waals surface area contributed by atoms with E-state index in [4.69, 9.17) is 9.47 Å². The van der Waals surface area contributed by atoms with E-state index in [2.05, 4.69) is 6.07 Å². The fourth-order valence-corrected chi connectivity index (χ4v) is 2.81. The number of fused-ring (bicyclic) bond motifs is 2. The molecule has 0 spiro atoms. The van der Waals surface area contributed by atoms with Gasteiger partial charge in [0.1, 0.15) is 11.5 Å². The van der Waals surface area contributed by atoms with Crippen LogP contribution in [0, 0.1) is 0 Å². The van der Waals surface area contributed by atoms with E-state index in [1.165, 1.54) is 0 Å². The number of benzene rings is 3. The van der Waals surface area contributed by atoms with Crippen LogP contribution in [0.15, 0.2) is 60.7 Å². The molecule has 23 heavy (non-hydrogen) atoms. The van der Waals surface area contributed by atoms with Crippen molar-refractivity contribution in [2.45, 2.75) is 0 Å². The maximum Gasteiger partial charge on any atom is 0.344 e. The van der Waals surface area contributed by atoms with Crippen molar-refractivity contribution in [3.63, 3.8) is 0 Å². The first-order valence-corrected chi connectivity index (χ1v) is 7.36. The summed E-state index contributed by atoms with van der Waals surface area (Å²) in [5.74, 6) is 1.15. The van der Waals surface area contributed by atoms with Crippen LogP contribution >= 0.6 is 0 Å². The highest BCUT2D eigenvalue weighted by Gasteiger charge is 2.26. The molecule has 4 rings (SSSR count). The first kappa shape index (κ1) is 13.6. The van der Waals surface area contributed by atoms with Crippen LogP contribution in [0.2, 0.25) is 0 Å². The predicted molar refractivity (Wildman–Crippen MR) is 90.4 cm³/mol. The Hall–Kier alpha value is -3.07. The van der Waals surface area contributed by atoms with Crippen LogP contribution in [-0.4, -0.2) is 13.1 Å². The summed E-state index contributed by atoms with van der Waals surface area (Å²) in [6.07, 6.45) is 1.87. The van der Waals surface area contributed by atoms with Gasteiger partial charge < -0.3 is 9.47 Å². The van der Waals surface area contributed by atoms with Gasteiger partial charge in [-0.15, -0.1) is 0 Å². The average molecular weight is 302 g/mol. The minimum absolute atomic E-state index is 0.305. The zero-order valence-corrected chi connectivity index (χ0v) is 12.6. The number of hydrogen-bond acceptors (Lipinski definition) is 3. The number of carbonyl (C=O) groups excluding carboxylic acids is 1. The molecule has 0 saturated carbocycles. The second kappa shape index (κ2) is 5.29. The van der Waals surface area contributed by atoms with E-state index in [0.29, 0.717) is 11.3 Å². The molecule has 0 fully saturated rings. The molecule has 1 aliphatic heterocycles. The highest BCUT2D eigenvalue weighted by molar-refractivity contribution is 6.26. The smallest absolute Gasteiger partial charge is 0.344 e. The van der Waals surface area contributed by atoms with Crippen molar-refractivity contribution in [3.8, 4) is 11.5 Å². The van der Waals surface area contributed by atoms with Crippen molar-refractivity contribution < 1.29 is 14.3 Å². The monoisotopic (exact) mass is 302 g/mol. The minimum Gasteiger partial charge on any atom is -0.497 e. The number of rotatable bonds is 2. The van der Waals surface area contributed by atoms with E-state index in [9.17, 15) is 4.79 Å². The summed E-state index contributed by atoms with van der Waals surface area (Å²) in [6, 6.07) is 19.5. The van der Waals surface area contributed by atoms with E-state index in [1.807, 2.05) is 54.6 Å². The zero-order valence-electron chi connectivity index (χ0n) is 12.6. The quantitative estimate of drug-likeness (QED) is 0.402. The second-order valence-corrected chi connectivity index (χ2v) is 5.42. The summed E-state index contributed by atoms with van der Waals surface area (Å²) in [5.41, 5.74) is 2.40. The van der Waals surface area contributed by atoms with Crippen molar-refractivity contribution in [1.29, 1.82) is 0 Å². The molecule has 0 amide bonds. The Bertz CT molecular complexity index is 954. The third-order valence-corrected chi connectivity index (χ3v) is 3.98. The van der Waals surface area contributed by atoms with Gasteiger partial charge in [-0.1, -0.05) is 36.4 Å². The van der Waals surface area contributed by atoms with Gasteiger partial charge in [0.15, 0.2) is 0 Å². The highest BCUT2D eigenvalue weighted by atomic mass is 16.5. The Morgan fingerprint density at radius 2 is 1.74 bits per heavy atom. The molecule has 3 heteroatoms. The largest absolute Gasteiger partial charge is 0.497 e. The standard InChI is InChI=1S/C20H14O3/c1-22-16-9-8-14-10-13(6-7-15(14)12-16)11-18-17-4-2-3-5-19(17)23-20(18)21/h2-12H,1H3/b18-11+. The molecule has 112 valence electrons.